The summed E-state index contributed by atoms with van der Waals surface area (Å²) < 4.78 is 10.6. The minimum atomic E-state index is 0.348. The highest BCUT2D eigenvalue weighted by molar-refractivity contribution is 4.75. The summed E-state index contributed by atoms with van der Waals surface area (Å²) in [4.78, 5) is 2.50. The maximum Gasteiger partial charge on any atom is 0.147 e. The lowest BCUT2D eigenvalue weighted by molar-refractivity contribution is -0.137. The molecule has 0 spiro atoms. The van der Waals surface area contributed by atoms with Gasteiger partial charge in [0, 0.05) is 25.7 Å². The fourth-order valence-corrected chi connectivity index (χ4v) is 2.71. The second-order valence-electron chi connectivity index (χ2n) is 5.23. The van der Waals surface area contributed by atoms with E-state index in [-0.39, 0.29) is 0 Å². The lowest BCUT2D eigenvalue weighted by Gasteiger charge is -2.26. The van der Waals surface area contributed by atoms with Gasteiger partial charge < -0.3 is 19.7 Å². The molecule has 0 amide bonds. The van der Waals surface area contributed by atoms with Gasteiger partial charge in [0.05, 0.1) is 12.7 Å². The van der Waals surface area contributed by atoms with Crippen LogP contribution in [0.3, 0.4) is 0 Å². The summed E-state index contributed by atoms with van der Waals surface area (Å²) in [7, 11) is 2.25. The van der Waals surface area contributed by atoms with E-state index in [9.17, 15) is 0 Å². The van der Waals surface area contributed by atoms with Crippen molar-refractivity contribution in [2.45, 2.75) is 44.2 Å². The van der Waals surface area contributed by atoms with Crippen molar-refractivity contribution in [3.8, 4) is 0 Å². The second-order valence-corrected chi connectivity index (χ2v) is 5.23. The van der Waals surface area contributed by atoms with E-state index in [0.29, 0.717) is 12.9 Å². The highest BCUT2D eigenvalue weighted by atomic mass is 16.7. The Morgan fingerprint density at radius 1 is 1.24 bits per heavy atom. The molecule has 1 unspecified atom stereocenters. The number of hydrogen-bond acceptors (Lipinski definition) is 4. The molecule has 0 bridgehead atoms. The lowest BCUT2D eigenvalue weighted by atomic mass is 10.2. The van der Waals surface area contributed by atoms with Crippen LogP contribution in [0.1, 0.15) is 32.1 Å². The maximum absolute atomic E-state index is 5.49. The molecule has 1 atom stereocenters. The van der Waals surface area contributed by atoms with E-state index in [0.717, 1.165) is 38.7 Å². The van der Waals surface area contributed by atoms with Gasteiger partial charge in [-0.25, -0.2) is 0 Å². The first-order valence-electron chi connectivity index (χ1n) is 6.96. The van der Waals surface area contributed by atoms with Gasteiger partial charge in [-0.3, -0.25) is 0 Å². The third-order valence-electron chi connectivity index (χ3n) is 3.93. The van der Waals surface area contributed by atoms with Gasteiger partial charge in [-0.1, -0.05) is 12.8 Å². The fraction of sp³-hybridized carbons (Fsp3) is 1.00. The van der Waals surface area contributed by atoms with Gasteiger partial charge in [-0.05, 0) is 26.3 Å². The van der Waals surface area contributed by atoms with Crippen LogP contribution in [0.5, 0.6) is 0 Å². The van der Waals surface area contributed by atoms with E-state index in [1.807, 2.05) is 0 Å². The molecular weight excluding hydrogens is 216 g/mol. The zero-order valence-electron chi connectivity index (χ0n) is 11.0. The van der Waals surface area contributed by atoms with Crippen molar-refractivity contribution in [1.29, 1.82) is 0 Å². The van der Waals surface area contributed by atoms with Crippen LogP contribution in [-0.2, 0) is 9.47 Å². The second kappa shape index (κ2) is 7.31. The van der Waals surface area contributed by atoms with Crippen molar-refractivity contribution in [3.05, 3.63) is 0 Å². The highest BCUT2D eigenvalue weighted by Crippen LogP contribution is 2.21. The van der Waals surface area contributed by atoms with Gasteiger partial charge in [-0.15, -0.1) is 0 Å². The van der Waals surface area contributed by atoms with Gasteiger partial charge >= 0.3 is 0 Å². The molecule has 1 saturated carbocycles. The monoisotopic (exact) mass is 242 g/mol. The molecule has 4 nitrogen and oxygen atoms in total. The molecular formula is C13H26N2O2. The first-order chi connectivity index (χ1) is 8.36. The maximum atomic E-state index is 5.49. The van der Waals surface area contributed by atoms with Crippen LogP contribution in [-0.4, -0.2) is 57.1 Å². The summed E-state index contributed by atoms with van der Waals surface area (Å²) in [5.41, 5.74) is 0. The van der Waals surface area contributed by atoms with Crippen molar-refractivity contribution in [1.82, 2.24) is 10.2 Å². The number of nitrogens with zero attached hydrogens (tertiary/aromatic N) is 1. The largest absolute Gasteiger partial charge is 0.355 e. The number of ether oxygens (including phenoxy) is 2. The van der Waals surface area contributed by atoms with Crippen LogP contribution in [0.15, 0.2) is 0 Å². The van der Waals surface area contributed by atoms with Crippen molar-refractivity contribution in [2.75, 3.05) is 40.1 Å². The molecule has 2 fully saturated rings. The topological polar surface area (TPSA) is 33.7 Å². The first kappa shape index (κ1) is 13.3. The van der Waals surface area contributed by atoms with Gasteiger partial charge in [0.15, 0.2) is 0 Å². The zero-order valence-corrected chi connectivity index (χ0v) is 11.0. The fourth-order valence-electron chi connectivity index (χ4n) is 2.71. The highest BCUT2D eigenvalue weighted by Gasteiger charge is 2.19. The van der Waals surface area contributed by atoms with Crippen LogP contribution in [0.2, 0.25) is 0 Å². The molecule has 100 valence electrons. The van der Waals surface area contributed by atoms with Crippen molar-refractivity contribution >= 4 is 0 Å². The van der Waals surface area contributed by atoms with E-state index >= 15 is 0 Å². The van der Waals surface area contributed by atoms with Gasteiger partial charge in [0.2, 0.25) is 0 Å². The van der Waals surface area contributed by atoms with E-state index in [1.165, 1.54) is 25.7 Å². The van der Waals surface area contributed by atoms with Crippen LogP contribution in [0, 0.1) is 0 Å². The molecule has 0 aromatic heterocycles. The predicted octanol–water partition coefficient (Wildman–Crippen LogP) is 1.21. The molecule has 17 heavy (non-hydrogen) atoms. The van der Waals surface area contributed by atoms with E-state index in [1.54, 1.807) is 0 Å². The molecule has 1 aliphatic carbocycles. The quantitative estimate of drug-likeness (QED) is 0.710. The summed E-state index contributed by atoms with van der Waals surface area (Å²) in [6.07, 6.45) is 6.97. The molecule has 1 heterocycles. The minimum absolute atomic E-state index is 0.348. The molecule has 0 aromatic carbocycles. The molecule has 4 heteroatoms. The molecule has 2 rings (SSSR count). The average molecular weight is 242 g/mol. The Balaban J connectivity index is 1.50. The Morgan fingerprint density at radius 2 is 2.06 bits per heavy atom. The number of rotatable bonds is 6. The van der Waals surface area contributed by atoms with Crippen LogP contribution < -0.4 is 5.32 Å². The normalized spacial score (nSPS) is 26.8. The molecule has 2 aliphatic rings. The van der Waals surface area contributed by atoms with Gasteiger partial charge in [0.25, 0.3) is 0 Å². The number of hydrogen-bond donors (Lipinski definition) is 1. The van der Waals surface area contributed by atoms with Crippen LogP contribution >= 0.6 is 0 Å². The first-order valence-corrected chi connectivity index (χ1v) is 6.96. The van der Waals surface area contributed by atoms with Crippen molar-refractivity contribution in [2.24, 2.45) is 0 Å². The molecule has 1 saturated heterocycles. The smallest absolute Gasteiger partial charge is 0.147 e. The zero-order chi connectivity index (χ0) is 11.9. The number of likely N-dealkylation sites (N-methyl/N-ethyl adjacent to an activating group) is 1. The van der Waals surface area contributed by atoms with Gasteiger partial charge in [-0.2, -0.15) is 0 Å². The Bertz CT molecular complexity index is 202. The van der Waals surface area contributed by atoms with Crippen molar-refractivity contribution in [3.63, 3.8) is 0 Å². The SMILES string of the molecule is CN(CCNCC1CCOCO1)C1CCCC1. The molecule has 0 aromatic rings. The van der Waals surface area contributed by atoms with E-state index < -0.39 is 0 Å². The Labute approximate surface area is 105 Å². The van der Waals surface area contributed by atoms with Gasteiger partial charge in [0.1, 0.15) is 6.79 Å². The Hall–Kier alpha value is -0.160. The number of nitrogens with one attached hydrogen (secondary N) is 1. The van der Waals surface area contributed by atoms with Crippen LogP contribution in [0.4, 0.5) is 0 Å². The lowest BCUT2D eigenvalue weighted by Crippen LogP contribution is -2.39. The summed E-state index contributed by atoms with van der Waals surface area (Å²) in [5, 5.41) is 3.49. The van der Waals surface area contributed by atoms with Crippen molar-refractivity contribution < 1.29 is 9.47 Å². The summed E-state index contributed by atoms with van der Waals surface area (Å²) in [6, 6.07) is 0.830. The minimum Gasteiger partial charge on any atom is -0.355 e. The van der Waals surface area contributed by atoms with E-state index in [4.69, 9.17) is 9.47 Å². The molecule has 1 aliphatic heterocycles. The third-order valence-corrected chi connectivity index (χ3v) is 3.93. The Morgan fingerprint density at radius 3 is 2.76 bits per heavy atom. The predicted molar refractivity (Wildman–Crippen MR) is 68.1 cm³/mol. The standard InChI is InChI=1S/C13H26N2O2/c1-15(12-4-2-3-5-12)8-7-14-10-13-6-9-16-11-17-13/h12-14H,2-11H2,1H3. The van der Waals surface area contributed by atoms with Crippen LogP contribution in [0.25, 0.3) is 0 Å². The van der Waals surface area contributed by atoms with E-state index in [2.05, 4.69) is 17.3 Å². The Kier molecular flexibility index (Phi) is 5.71. The molecule has 0 radical (unpaired) electrons. The summed E-state index contributed by atoms with van der Waals surface area (Å²) >= 11 is 0. The average Bonchev–Trinajstić information content (AvgIpc) is 2.89. The third kappa shape index (κ3) is 4.54. The summed E-state index contributed by atoms with van der Waals surface area (Å²) in [6.45, 7) is 4.48. The summed E-state index contributed by atoms with van der Waals surface area (Å²) in [5.74, 6) is 0. The molecule has 1 N–H and O–H groups in total.